The number of likely N-dealkylation sites (tertiary alicyclic amines) is 1. The van der Waals surface area contributed by atoms with Crippen LogP contribution in [0, 0.1) is 0 Å². The van der Waals surface area contributed by atoms with Crippen LogP contribution in [-0.4, -0.2) is 41.1 Å². The van der Waals surface area contributed by atoms with Gasteiger partial charge in [0, 0.05) is 18.7 Å². The highest BCUT2D eigenvalue weighted by Gasteiger charge is 2.45. The SMILES string of the molecule is CC(C(=O)O)=C1CN(C(=O)C(F)(F)F)C1. The van der Waals surface area contributed by atoms with Crippen molar-refractivity contribution in [3.63, 3.8) is 0 Å². The van der Waals surface area contributed by atoms with E-state index in [1.54, 1.807) is 0 Å². The molecular formula is C8H8F3NO3. The number of hydrogen-bond acceptors (Lipinski definition) is 2. The molecule has 1 aliphatic heterocycles. The van der Waals surface area contributed by atoms with Crippen LogP contribution in [0.1, 0.15) is 6.92 Å². The quantitative estimate of drug-likeness (QED) is 0.668. The number of carbonyl (C=O) groups is 2. The van der Waals surface area contributed by atoms with Crippen molar-refractivity contribution in [3.8, 4) is 0 Å². The fraction of sp³-hybridized carbons (Fsp3) is 0.500. The number of amides is 1. The maximum absolute atomic E-state index is 11.9. The van der Waals surface area contributed by atoms with Crippen molar-refractivity contribution in [1.82, 2.24) is 4.90 Å². The average molecular weight is 223 g/mol. The Morgan fingerprint density at radius 1 is 1.33 bits per heavy atom. The molecule has 1 fully saturated rings. The number of carbonyl (C=O) groups excluding carboxylic acids is 1. The zero-order chi connectivity index (χ0) is 11.8. The van der Waals surface area contributed by atoms with Crippen molar-refractivity contribution in [3.05, 3.63) is 11.1 Å². The molecule has 1 heterocycles. The molecule has 1 rings (SSSR count). The highest BCUT2D eigenvalue weighted by Crippen LogP contribution is 2.25. The third-order valence-electron chi connectivity index (χ3n) is 2.14. The Balaban J connectivity index is 2.63. The van der Waals surface area contributed by atoms with Gasteiger partial charge in [-0.15, -0.1) is 0 Å². The second-order valence-corrected chi connectivity index (χ2v) is 3.19. The zero-order valence-corrected chi connectivity index (χ0v) is 7.76. The van der Waals surface area contributed by atoms with Crippen LogP contribution < -0.4 is 0 Å². The number of carboxylic acids is 1. The monoisotopic (exact) mass is 223 g/mol. The molecule has 84 valence electrons. The first-order chi connectivity index (χ1) is 6.73. The first-order valence-corrected chi connectivity index (χ1v) is 4.01. The van der Waals surface area contributed by atoms with Crippen LogP contribution in [0.3, 0.4) is 0 Å². The Hall–Kier alpha value is -1.53. The standard InChI is InChI=1S/C8H8F3NO3/c1-4(6(13)14)5-2-12(3-5)7(15)8(9,10)11/h2-3H2,1H3,(H,13,14). The number of halogens is 3. The summed E-state index contributed by atoms with van der Waals surface area (Å²) in [6.45, 7) is 0.792. The minimum atomic E-state index is -4.89. The van der Waals surface area contributed by atoms with E-state index in [-0.39, 0.29) is 18.7 Å². The molecular weight excluding hydrogens is 215 g/mol. The van der Waals surface area contributed by atoms with Gasteiger partial charge in [0.25, 0.3) is 0 Å². The van der Waals surface area contributed by atoms with Gasteiger partial charge in [0.05, 0.1) is 0 Å². The van der Waals surface area contributed by atoms with Crippen LogP contribution in [-0.2, 0) is 9.59 Å². The minimum Gasteiger partial charge on any atom is -0.478 e. The van der Waals surface area contributed by atoms with Gasteiger partial charge in [-0.1, -0.05) is 0 Å². The van der Waals surface area contributed by atoms with Gasteiger partial charge in [-0.2, -0.15) is 13.2 Å². The summed E-state index contributed by atoms with van der Waals surface area (Å²) >= 11 is 0. The van der Waals surface area contributed by atoms with Gasteiger partial charge in [0.15, 0.2) is 0 Å². The summed E-state index contributed by atoms with van der Waals surface area (Å²) in [6, 6.07) is 0. The van der Waals surface area contributed by atoms with Crippen molar-refractivity contribution in [2.45, 2.75) is 13.1 Å². The Bertz CT molecular complexity index is 338. The van der Waals surface area contributed by atoms with Crippen molar-refractivity contribution in [2.24, 2.45) is 0 Å². The van der Waals surface area contributed by atoms with Crippen LogP contribution in [0.25, 0.3) is 0 Å². The van der Waals surface area contributed by atoms with Crippen molar-refractivity contribution >= 4 is 11.9 Å². The molecule has 0 aromatic heterocycles. The van der Waals surface area contributed by atoms with Crippen LogP contribution in [0.5, 0.6) is 0 Å². The summed E-state index contributed by atoms with van der Waals surface area (Å²) in [4.78, 5) is 21.6. The van der Waals surface area contributed by atoms with Gasteiger partial charge in [-0.25, -0.2) is 4.79 Å². The minimum absolute atomic E-state index is 0.00113. The summed E-state index contributed by atoms with van der Waals surface area (Å²) in [5.41, 5.74) is 0.348. The molecule has 0 spiro atoms. The predicted molar refractivity (Wildman–Crippen MR) is 43.0 cm³/mol. The predicted octanol–water partition coefficient (Wildman–Crippen LogP) is 0.792. The zero-order valence-electron chi connectivity index (χ0n) is 7.76. The van der Waals surface area contributed by atoms with E-state index in [0.29, 0.717) is 10.5 Å². The molecule has 0 aromatic rings. The van der Waals surface area contributed by atoms with E-state index in [0.717, 1.165) is 0 Å². The first-order valence-electron chi connectivity index (χ1n) is 4.01. The van der Waals surface area contributed by atoms with Crippen LogP contribution in [0.2, 0.25) is 0 Å². The Kier molecular flexibility index (Phi) is 2.74. The number of rotatable bonds is 1. The van der Waals surface area contributed by atoms with Gasteiger partial charge in [0.1, 0.15) is 0 Å². The van der Waals surface area contributed by atoms with E-state index >= 15 is 0 Å². The lowest BCUT2D eigenvalue weighted by Crippen LogP contribution is -2.50. The van der Waals surface area contributed by atoms with Gasteiger partial charge in [0.2, 0.25) is 0 Å². The maximum Gasteiger partial charge on any atom is 0.471 e. The molecule has 0 saturated carbocycles. The molecule has 1 N–H and O–H groups in total. The van der Waals surface area contributed by atoms with E-state index in [1.807, 2.05) is 0 Å². The second kappa shape index (κ2) is 3.56. The summed E-state index contributed by atoms with van der Waals surface area (Å²) in [5.74, 6) is -3.10. The van der Waals surface area contributed by atoms with Gasteiger partial charge < -0.3 is 10.0 Å². The average Bonchev–Trinajstić information content (AvgIpc) is 1.98. The number of nitrogens with zero attached hydrogens (tertiary/aromatic N) is 1. The molecule has 4 nitrogen and oxygen atoms in total. The highest BCUT2D eigenvalue weighted by molar-refractivity contribution is 5.89. The smallest absolute Gasteiger partial charge is 0.471 e. The first kappa shape index (κ1) is 11.5. The highest BCUT2D eigenvalue weighted by atomic mass is 19.4. The molecule has 0 unspecified atom stereocenters. The van der Waals surface area contributed by atoms with E-state index in [2.05, 4.69) is 0 Å². The number of carboxylic acid groups (broad SMARTS) is 1. The van der Waals surface area contributed by atoms with Gasteiger partial charge in [-0.3, -0.25) is 4.79 Å². The van der Waals surface area contributed by atoms with E-state index in [1.165, 1.54) is 6.92 Å². The third-order valence-corrected chi connectivity index (χ3v) is 2.14. The van der Waals surface area contributed by atoms with Gasteiger partial charge >= 0.3 is 18.1 Å². The normalized spacial score (nSPS) is 16.0. The van der Waals surface area contributed by atoms with Crippen molar-refractivity contribution < 1.29 is 27.9 Å². The number of alkyl halides is 3. The van der Waals surface area contributed by atoms with Crippen LogP contribution in [0.4, 0.5) is 13.2 Å². The molecule has 0 aliphatic carbocycles. The summed E-state index contributed by atoms with van der Waals surface area (Å²) in [5, 5.41) is 8.52. The Morgan fingerprint density at radius 2 is 1.80 bits per heavy atom. The molecule has 7 heteroatoms. The number of hydrogen-bond donors (Lipinski definition) is 1. The Morgan fingerprint density at radius 3 is 2.13 bits per heavy atom. The second-order valence-electron chi connectivity index (χ2n) is 3.19. The van der Waals surface area contributed by atoms with Crippen molar-refractivity contribution in [1.29, 1.82) is 0 Å². The van der Waals surface area contributed by atoms with E-state index in [4.69, 9.17) is 5.11 Å². The molecule has 0 aromatic carbocycles. The lowest BCUT2D eigenvalue weighted by molar-refractivity contribution is -0.186. The van der Waals surface area contributed by atoms with Crippen LogP contribution in [0.15, 0.2) is 11.1 Å². The third kappa shape index (κ3) is 2.28. The lowest BCUT2D eigenvalue weighted by Gasteiger charge is -2.35. The molecule has 0 bridgehead atoms. The molecule has 15 heavy (non-hydrogen) atoms. The summed E-state index contributed by atoms with van der Waals surface area (Å²) in [7, 11) is 0. The maximum atomic E-state index is 11.9. The number of aliphatic carboxylic acids is 1. The molecule has 1 amide bonds. The van der Waals surface area contributed by atoms with Crippen LogP contribution >= 0.6 is 0 Å². The Labute approximate surface area is 83.0 Å². The molecule has 1 saturated heterocycles. The van der Waals surface area contributed by atoms with Gasteiger partial charge in [-0.05, 0) is 12.5 Å². The largest absolute Gasteiger partial charge is 0.478 e. The fourth-order valence-electron chi connectivity index (χ4n) is 1.13. The van der Waals surface area contributed by atoms with E-state index < -0.39 is 18.1 Å². The molecule has 0 radical (unpaired) electrons. The summed E-state index contributed by atoms with van der Waals surface area (Å²) in [6.07, 6.45) is -4.89. The fourth-order valence-corrected chi connectivity index (χ4v) is 1.13. The molecule has 1 aliphatic rings. The molecule has 0 atom stereocenters. The van der Waals surface area contributed by atoms with Crippen molar-refractivity contribution in [2.75, 3.05) is 13.1 Å². The lowest BCUT2D eigenvalue weighted by atomic mass is 10.0. The summed E-state index contributed by atoms with van der Waals surface area (Å²) < 4.78 is 35.7. The van der Waals surface area contributed by atoms with E-state index in [9.17, 15) is 22.8 Å². The topological polar surface area (TPSA) is 57.6 Å².